The second-order valence-corrected chi connectivity index (χ2v) is 7.57. The maximum absolute atomic E-state index is 14.5. The molecule has 0 radical (unpaired) electrons. The zero-order valence-corrected chi connectivity index (χ0v) is 17.1. The van der Waals surface area contributed by atoms with Crippen LogP contribution >= 0.6 is 0 Å². The first kappa shape index (κ1) is 22.9. The van der Waals surface area contributed by atoms with Crippen LogP contribution in [0.1, 0.15) is 41.2 Å². The molecule has 0 nitrogen and oxygen atoms in total. The lowest BCUT2D eigenvalue weighted by Crippen LogP contribution is -2.04. The molecule has 164 valence electrons. The van der Waals surface area contributed by atoms with Crippen molar-refractivity contribution < 1.29 is 26.3 Å². The molecule has 6 heteroatoms. The van der Waals surface area contributed by atoms with Gasteiger partial charge in [0, 0.05) is 11.1 Å². The van der Waals surface area contributed by atoms with Crippen LogP contribution in [-0.4, -0.2) is 0 Å². The Labute approximate surface area is 177 Å². The van der Waals surface area contributed by atoms with Gasteiger partial charge in [-0.05, 0) is 85.2 Å². The number of hydrogen-bond donors (Lipinski definition) is 0. The summed E-state index contributed by atoms with van der Waals surface area (Å²) in [4.78, 5) is 0. The fourth-order valence-corrected chi connectivity index (χ4v) is 3.60. The molecule has 0 bridgehead atoms. The normalized spacial score (nSPS) is 11.2. The lowest BCUT2D eigenvalue weighted by Gasteiger charge is -2.11. The van der Waals surface area contributed by atoms with Crippen molar-refractivity contribution in [3.63, 3.8) is 0 Å². The molecule has 0 atom stereocenters. The molecule has 0 aromatic heterocycles. The van der Waals surface area contributed by atoms with Gasteiger partial charge in [-0.15, -0.1) is 0 Å². The quantitative estimate of drug-likeness (QED) is 0.332. The van der Waals surface area contributed by atoms with Crippen molar-refractivity contribution >= 4 is 0 Å². The average Bonchev–Trinajstić information content (AvgIpc) is 2.69. The summed E-state index contributed by atoms with van der Waals surface area (Å²) in [5.41, 5.74) is 0.990. The number of benzene rings is 3. The van der Waals surface area contributed by atoms with Gasteiger partial charge in [-0.25, -0.2) is 26.3 Å². The lowest BCUT2D eigenvalue weighted by molar-refractivity contribution is 0.506. The van der Waals surface area contributed by atoms with Gasteiger partial charge in [-0.2, -0.15) is 0 Å². The SMILES string of the molecule is CCCc1cc(F)c(CCc2cc(F)c(CCc3ccc(F)c(F)c3)c(F)c2)c(F)c1. The van der Waals surface area contributed by atoms with E-state index in [0.717, 1.165) is 30.7 Å². The monoisotopic (exact) mass is 436 g/mol. The van der Waals surface area contributed by atoms with Crippen LogP contribution in [0, 0.1) is 34.9 Å². The van der Waals surface area contributed by atoms with Crippen LogP contribution in [0.25, 0.3) is 0 Å². The summed E-state index contributed by atoms with van der Waals surface area (Å²) in [6.07, 6.45) is 1.46. The van der Waals surface area contributed by atoms with Gasteiger partial charge in [0.15, 0.2) is 11.6 Å². The van der Waals surface area contributed by atoms with Crippen LogP contribution in [0.2, 0.25) is 0 Å². The average molecular weight is 436 g/mol. The van der Waals surface area contributed by atoms with Crippen molar-refractivity contribution in [2.24, 2.45) is 0 Å². The van der Waals surface area contributed by atoms with E-state index in [4.69, 9.17) is 0 Å². The predicted octanol–water partition coefficient (Wildman–Crippen LogP) is 7.04. The van der Waals surface area contributed by atoms with Gasteiger partial charge in [0.1, 0.15) is 23.3 Å². The summed E-state index contributed by atoms with van der Waals surface area (Å²) >= 11 is 0. The van der Waals surface area contributed by atoms with Crippen molar-refractivity contribution in [1.29, 1.82) is 0 Å². The fourth-order valence-electron chi connectivity index (χ4n) is 3.60. The first-order valence-electron chi connectivity index (χ1n) is 10.2. The van der Waals surface area contributed by atoms with E-state index < -0.39 is 34.9 Å². The Morgan fingerprint density at radius 2 is 0.871 bits per heavy atom. The minimum absolute atomic E-state index is 0.0306. The standard InChI is InChI=1S/C25H22F6/c1-2-3-16-11-21(27)19(22(28)12-16)8-5-17-13-23(29)18(24(30)14-17)7-4-15-6-9-20(26)25(31)10-15/h6,9-14H,2-5,7-8H2,1H3. The van der Waals surface area contributed by atoms with Crippen LogP contribution in [-0.2, 0) is 32.1 Å². The van der Waals surface area contributed by atoms with Crippen molar-refractivity contribution in [3.8, 4) is 0 Å². The fraction of sp³-hybridized carbons (Fsp3) is 0.280. The van der Waals surface area contributed by atoms with Crippen LogP contribution in [0.5, 0.6) is 0 Å². The van der Waals surface area contributed by atoms with E-state index in [1.54, 1.807) is 0 Å². The molecule has 0 unspecified atom stereocenters. The highest BCUT2D eigenvalue weighted by atomic mass is 19.2. The first-order valence-corrected chi connectivity index (χ1v) is 10.2. The van der Waals surface area contributed by atoms with Gasteiger partial charge in [-0.3, -0.25) is 0 Å². The maximum Gasteiger partial charge on any atom is 0.159 e. The smallest absolute Gasteiger partial charge is 0.159 e. The molecule has 31 heavy (non-hydrogen) atoms. The first-order chi connectivity index (χ1) is 14.8. The van der Waals surface area contributed by atoms with E-state index in [1.807, 2.05) is 6.92 Å². The molecule has 0 aliphatic rings. The molecule has 0 N–H and O–H groups in total. The summed E-state index contributed by atoms with van der Waals surface area (Å²) in [5.74, 6) is -4.89. The molecule has 0 spiro atoms. The van der Waals surface area contributed by atoms with E-state index in [2.05, 4.69) is 0 Å². The molecule has 0 aliphatic carbocycles. The van der Waals surface area contributed by atoms with Gasteiger partial charge >= 0.3 is 0 Å². The van der Waals surface area contributed by atoms with E-state index in [9.17, 15) is 26.3 Å². The van der Waals surface area contributed by atoms with Crippen molar-refractivity contribution in [2.45, 2.75) is 45.4 Å². The molecule has 0 fully saturated rings. The van der Waals surface area contributed by atoms with Crippen molar-refractivity contribution in [2.75, 3.05) is 0 Å². The lowest BCUT2D eigenvalue weighted by atomic mass is 9.98. The summed E-state index contributed by atoms with van der Waals surface area (Å²) in [6.45, 7) is 1.91. The Bertz CT molecular complexity index is 1030. The number of halogens is 6. The van der Waals surface area contributed by atoms with E-state index >= 15 is 0 Å². The molecular weight excluding hydrogens is 414 g/mol. The molecule has 0 aliphatic heterocycles. The van der Waals surface area contributed by atoms with Crippen LogP contribution in [0.15, 0.2) is 42.5 Å². The zero-order chi connectivity index (χ0) is 22.5. The van der Waals surface area contributed by atoms with Crippen LogP contribution in [0.4, 0.5) is 26.3 Å². The molecule has 0 amide bonds. The molecular formula is C25H22F6. The Hall–Kier alpha value is -2.76. The van der Waals surface area contributed by atoms with Crippen LogP contribution in [0.3, 0.4) is 0 Å². The van der Waals surface area contributed by atoms with E-state index in [0.29, 0.717) is 17.5 Å². The third kappa shape index (κ3) is 5.69. The second-order valence-electron chi connectivity index (χ2n) is 7.57. The van der Waals surface area contributed by atoms with Crippen molar-refractivity contribution in [3.05, 3.63) is 105 Å². The van der Waals surface area contributed by atoms with E-state index in [1.165, 1.54) is 18.2 Å². The third-order valence-corrected chi connectivity index (χ3v) is 5.25. The highest BCUT2D eigenvalue weighted by Gasteiger charge is 2.15. The number of rotatable bonds is 8. The Morgan fingerprint density at radius 1 is 0.452 bits per heavy atom. The summed E-state index contributed by atoms with van der Waals surface area (Å²) in [5, 5.41) is 0. The Balaban J connectivity index is 1.69. The molecule has 3 rings (SSSR count). The minimum Gasteiger partial charge on any atom is -0.207 e. The molecule has 3 aromatic carbocycles. The molecule has 0 saturated carbocycles. The summed E-state index contributed by atoms with van der Waals surface area (Å²) in [7, 11) is 0. The predicted molar refractivity (Wildman–Crippen MR) is 108 cm³/mol. The number of hydrogen-bond acceptors (Lipinski definition) is 0. The minimum atomic E-state index is -1.02. The molecule has 0 saturated heterocycles. The Morgan fingerprint density at radius 3 is 1.32 bits per heavy atom. The number of aryl methyl sites for hydroxylation is 3. The van der Waals surface area contributed by atoms with Gasteiger partial charge < -0.3 is 0 Å². The molecule has 3 aromatic rings. The van der Waals surface area contributed by atoms with E-state index in [-0.39, 0.29) is 42.4 Å². The molecule has 0 heterocycles. The second kappa shape index (κ2) is 10.0. The topological polar surface area (TPSA) is 0 Å². The highest BCUT2D eigenvalue weighted by molar-refractivity contribution is 5.31. The van der Waals surface area contributed by atoms with Gasteiger partial charge in [0.25, 0.3) is 0 Å². The largest absolute Gasteiger partial charge is 0.207 e. The van der Waals surface area contributed by atoms with Crippen molar-refractivity contribution in [1.82, 2.24) is 0 Å². The van der Waals surface area contributed by atoms with Crippen LogP contribution < -0.4 is 0 Å². The van der Waals surface area contributed by atoms with Gasteiger partial charge in [0.2, 0.25) is 0 Å². The highest BCUT2D eigenvalue weighted by Crippen LogP contribution is 2.22. The van der Waals surface area contributed by atoms with Gasteiger partial charge in [-0.1, -0.05) is 19.4 Å². The Kier molecular flexibility index (Phi) is 7.42. The summed E-state index contributed by atoms with van der Waals surface area (Å²) < 4.78 is 83.7. The third-order valence-electron chi connectivity index (χ3n) is 5.25. The van der Waals surface area contributed by atoms with Gasteiger partial charge in [0.05, 0.1) is 0 Å². The summed E-state index contributed by atoms with van der Waals surface area (Å²) in [6, 6.07) is 8.20. The maximum atomic E-state index is 14.5. The zero-order valence-electron chi connectivity index (χ0n) is 17.1.